The van der Waals surface area contributed by atoms with Gasteiger partial charge in [-0.05, 0) is 30.3 Å². The van der Waals surface area contributed by atoms with Gasteiger partial charge in [0.05, 0.1) is 20.8 Å². The van der Waals surface area contributed by atoms with Gasteiger partial charge in [-0.2, -0.15) is 0 Å². The second-order valence-corrected chi connectivity index (χ2v) is 7.09. The van der Waals surface area contributed by atoms with E-state index in [1.807, 2.05) is 0 Å². The summed E-state index contributed by atoms with van der Waals surface area (Å²) in [6, 6.07) is 8.78. The molecule has 0 saturated heterocycles. The van der Waals surface area contributed by atoms with Gasteiger partial charge in [-0.3, -0.25) is 4.72 Å². The predicted octanol–water partition coefficient (Wildman–Crippen LogP) is 5.10. The summed E-state index contributed by atoms with van der Waals surface area (Å²) >= 11 is 23.5. The molecule has 0 aromatic heterocycles. The first-order chi connectivity index (χ1) is 9.31. The highest BCUT2D eigenvalue weighted by Crippen LogP contribution is 2.33. The Morgan fingerprint density at radius 1 is 0.850 bits per heavy atom. The molecule has 0 fully saturated rings. The molecule has 0 saturated carbocycles. The van der Waals surface area contributed by atoms with Crippen LogP contribution in [0.25, 0.3) is 0 Å². The fourth-order valence-electron chi connectivity index (χ4n) is 1.47. The number of hydrogen-bond acceptors (Lipinski definition) is 2. The molecule has 0 heterocycles. The second-order valence-electron chi connectivity index (χ2n) is 3.78. The van der Waals surface area contributed by atoms with Gasteiger partial charge in [-0.15, -0.1) is 0 Å². The van der Waals surface area contributed by atoms with E-state index in [0.717, 1.165) is 0 Å². The standard InChI is InChI=1S/C12H7Cl4NO2S/c13-7-4-5-8(14)11(6-7)20(18,19)17-12-9(15)2-1-3-10(12)16/h1-6,17H. The lowest BCUT2D eigenvalue weighted by atomic mass is 10.3. The third kappa shape index (κ3) is 3.32. The summed E-state index contributed by atoms with van der Waals surface area (Å²) in [5.41, 5.74) is 0.0897. The molecule has 20 heavy (non-hydrogen) atoms. The van der Waals surface area contributed by atoms with Gasteiger partial charge < -0.3 is 0 Å². The minimum Gasteiger partial charge on any atom is -0.277 e. The number of halogens is 4. The van der Waals surface area contributed by atoms with E-state index in [9.17, 15) is 8.42 Å². The molecule has 0 aliphatic rings. The van der Waals surface area contributed by atoms with Crippen molar-refractivity contribution in [1.82, 2.24) is 0 Å². The van der Waals surface area contributed by atoms with Gasteiger partial charge >= 0.3 is 0 Å². The molecule has 0 amide bonds. The van der Waals surface area contributed by atoms with E-state index in [0.29, 0.717) is 0 Å². The third-order valence-corrected chi connectivity index (χ3v) is 5.08. The first kappa shape index (κ1) is 15.7. The van der Waals surface area contributed by atoms with Gasteiger partial charge in [-0.1, -0.05) is 52.5 Å². The van der Waals surface area contributed by atoms with Crippen molar-refractivity contribution in [2.75, 3.05) is 4.72 Å². The van der Waals surface area contributed by atoms with Gasteiger partial charge in [-0.25, -0.2) is 8.42 Å². The summed E-state index contributed by atoms with van der Waals surface area (Å²) in [6.07, 6.45) is 0. The summed E-state index contributed by atoms with van der Waals surface area (Å²) < 4.78 is 26.9. The molecule has 2 aromatic rings. The highest BCUT2D eigenvalue weighted by molar-refractivity contribution is 7.92. The molecular formula is C12H7Cl4NO2S. The predicted molar refractivity (Wildman–Crippen MR) is 83.7 cm³/mol. The second kappa shape index (κ2) is 6.00. The lowest BCUT2D eigenvalue weighted by molar-refractivity contribution is 0.601. The van der Waals surface area contributed by atoms with E-state index in [4.69, 9.17) is 46.4 Å². The maximum atomic E-state index is 12.3. The summed E-state index contributed by atoms with van der Waals surface area (Å²) in [4.78, 5) is -0.150. The molecule has 1 N–H and O–H groups in total. The molecule has 0 atom stereocenters. The maximum Gasteiger partial charge on any atom is 0.263 e. The molecule has 2 aromatic carbocycles. The Labute approximate surface area is 136 Å². The number of nitrogens with one attached hydrogen (secondary N) is 1. The lowest BCUT2D eigenvalue weighted by Crippen LogP contribution is -2.14. The van der Waals surface area contributed by atoms with E-state index in [1.165, 1.54) is 30.3 Å². The highest BCUT2D eigenvalue weighted by Gasteiger charge is 2.21. The molecule has 0 bridgehead atoms. The highest BCUT2D eigenvalue weighted by atomic mass is 35.5. The first-order valence-electron chi connectivity index (χ1n) is 5.23. The van der Waals surface area contributed by atoms with Crippen molar-refractivity contribution in [3.05, 3.63) is 56.5 Å². The molecule has 0 aliphatic heterocycles. The van der Waals surface area contributed by atoms with E-state index >= 15 is 0 Å². The summed E-state index contributed by atoms with van der Waals surface area (Å²) in [6.45, 7) is 0. The largest absolute Gasteiger partial charge is 0.277 e. The molecular weight excluding hydrogens is 364 g/mol. The van der Waals surface area contributed by atoms with Gasteiger partial charge in [0.2, 0.25) is 0 Å². The monoisotopic (exact) mass is 369 g/mol. The normalized spacial score (nSPS) is 11.4. The molecule has 0 radical (unpaired) electrons. The molecule has 0 unspecified atom stereocenters. The van der Waals surface area contributed by atoms with Crippen molar-refractivity contribution in [1.29, 1.82) is 0 Å². The van der Waals surface area contributed by atoms with Crippen molar-refractivity contribution in [3.63, 3.8) is 0 Å². The zero-order chi connectivity index (χ0) is 14.9. The fourth-order valence-corrected chi connectivity index (χ4v) is 3.94. The molecule has 3 nitrogen and oxygen atoms in total. The summed E-state index contributed by atoms with van der Waals surface area (Å²) in [5.74, 6) is 0. The van der Waals surface area contributed by atoms with Crippen molar-refractivity contribution < 1.29 is 8.42 Å². The zero-order valence-corrected chi connectivity index (χ0v) is 13.5. The van der Waals surface area contributed by atoms with Gasteiger partial charge in [0.25, 0.3) is 10.0 Å². The Hall–Kier alpha value is -0.650. The topological polar surface area (TPSA) is 46.2 Å². The van der Waals surface area contributed by atoms with E-state index in [1.54, 1.807) is 6.07 Å². The molecule has 0 spiro atoms. The van der Waals surface area contributed by atoms with Crippen molar-refractivity contribution in [3.8, 4) is 0 Å². The van der Waals surface area contributed by atoms with Crippen LogP contribution in [0.1, 0.15) is 0 Å². The molecule has 2 rings (SSSR count). The van der Waals surface area contributed by atoms with E-state index in [-0.39, 0.29) is 30.7 Å². The summed E-state index contributed by atoms with van der Waals surface area (Å²) in [5, 5.41) is 0.656. The van der Waals surface area contributed by atoms with Gasteiger partial charge in [0.1, 0.15) is 4.90 Å². The first-order valence-corrected chi connectivity index (χ1v) is 8.22. The van der Waals surface area contributed by atoms with Crippen LogP contribution < -0.4 is 4.72 Å². The smallest absolute Gasteiger partial charge is 0.263 e. The van der Waals surface area contributed by atoms with Crippen LogP contribution in [0.3, 0.4) is 0 Å². The Morgan fingerprint density at radius 2 is 1.45 bits per heavy atom. The van der Waals surface area contributed by atoms with Crippen molar-refractivity contribution in [2.45, 2.75) is 4.90 Å². The molecule has 106 valence electrons. The van der Waals surface area contributed by atoms with E-state index in [2.05, 4.69) is 4.72 Å². The number of para-hydroxylation sites is 1. The Balaban J connectivity index is 2.49. The van der Waals surface area contributed by atoms with Crippen LogP contribution in [0.4, 0.5) is 5.69 Å². The lowest BCUT2D eigenvalue weighted by Gasteiger charge is -2.12. The van der Waals surface area contributed by atoms with Crippen LogP contribution in [0.15, 0.2) is 41.3 Å². The Bertz CT molecular complexity index is 742. The molecule has 8 heteroatoms. The van der Waals surface area contributed by atoms with Crippen LogP contribution in [0.2, 0.25) is 20.1 Å². The third-order valence-electron chi connectivity index (χ3n) is 2.38. The van der Waals surface area contributed by atoms with Crippen LogP contribution in [0.5, 0.6) is 0 Å². The van der Waals surface area contributed by atoms with E-state index < -0.39 is 10.0 Å². The number of sulfonamides is 1. The van der Waals surface area contributed by atoms with Crippen molar-refractivity contribution in [2.24, 2.45) is 0 Å². The van der Waals surface area contributed by atoms with Crippen molar-refractivity contribution >= 4 is 62.1 Å². The Kier molecular flexibility index (Phi) is 4.72. The van der Waals surface area contributed by atoms with Crippen LogP contribution >= 0.6 is 46.4 Å². The van der Waals surface area contributed by atoms with Crippen LogP contribution in [-0.4, -0.2) is 8.42 Å². The number of benzene rings is 2. The number of anilines is 1. The number of hydrogen-bond donors (Lipinski definition) is 1. The minimum atomic E-state index is -3.95. The van der Waals surface area contributed by atoms with Crippen LogP contribution in [0, 0.1) is 0 Å². The van der Waals surface area contributed by atoms with Gasteiger partial charge in [0, 0.05) is 5.02 Å². The summed E-state index contributed by atoms with van der Waals surface area (Å²) in [7, 11) is -3.95. The maximum absolute atomic E-state index is 12.3. The Morgan fingerprint density at radius 3 is 2.05 bits per heavy atom. The average molecular weight is 371 g/mol. The zero-order valence-electron chi connectivity index (χ0n) is 9.70. The SMILES string of the molecule is O=S(=O)(Nc1c(Cl)cccc1Cl)c1cc(Cl)ccc1Cl. The quantitative estimate of drug-likeness (QED) is 0.816. The molecule has 0 aliphatic carbocycles. The minimum absolute atomic E-state index is 0.0464. The van der Waals surface area contributed by atoms with Gasteiger partial charge in [0.15, 0.2) is 0 Å². The number of rotatable bonds is 3. The van der Waals surface area contributed by atoms with Crippen LogP contribution in [-0.2, 0) is 10.0 Å². The average Bonchev–Trinajstić information content (AvgIpc) is 2.37. The fraction of sp³-hybridized carbons (Fsp3) is 0.